The van der Waals surface area contributed by atoms with Crippen LogP contribution in [-0.4, -0.2) is 0 Å². The van der Waals surface area contributed by atoms with Gasteiger partial charge in [0.2, 0.25) is 0 Å². The Labute approximate surface area is 288 Å². The molecule has 0 heterocycles. The smallest absolute Gasteiger partial charge is 0.0991 e. The van der Waals surface area contributed by atoms with Crippen molar-refractivity contribution in [2.24, 2.45) is 0 Å². The minimum Gasteiger partial charge on any atom is -0.192 e. The van der Waals surface area contributed by atoms with E-state index in [-0.39, 0.29) is 0 Å². The molecule has 50 heavy (non-hydrogen) atoms. The molecule has 11 aromatic carbocycles. The highest BCUT2D eigenvalue weighted by Gasteiger charge is 2.26. The SMILES string of the molecule is N#Cc1ccc(-c2ccc3c4c(-c5ccccc5)c5c(cc6c7ccccc7c7cccc5c76)c(-c5ccccc5)c4c4cccc2c43)cc1. The summed E-state index contributed by atoms with van der Waals surface area (Å²) < 4.78 is 0. The summed E-state index contributed by atoms with van der Waals surface area (Å²) in [5.41, 5.74) is 7.98. The van der Waals surface area contributed by atoms with Crippen LogP contribution in [0.15, 0.2) is 164 Å². The Hall–Kier alpha value is -6.75. The van der Waals surface area contributed by atoms with Crippen LogP contribution in [0.5, 0.6) is 0 Å². The molecule has 0 amide bonds. The molecule has 0 saturated carbocycles. The second-order valence-corrected chi connectivity index (χ2v) is 13.4. The minimum atomic E-state index is 0.671. The fourth-order valence-corrected chi connectivity index (χ4v) is 8.99. The maximum atomic E-state index is 9.47. The van der Waals surface area contributed by atoms with Gasteiger partial charge in [0.25, 0.3) is 0 Å². The number of benzene rings is 9. The molecule has 0 aliphatic rings. The first-order valence-corrected chi connectivity index (χ1v) is 17.2. The van der Waals surface area contributed by atoms with Crippen LogP contribution < -0.4 is 0 Å². The second-order valence-electron chi connectivity index (χ2n) is 13.4. The molecule has 0 unspecified atom stereocenters. The van der Waals surface area contributed by atoms with Crippen molar-refractivity contribution < 1.29 is 0 Å². The predicted molar refractivity (Wildman–Crippen MR) is 212 cm³/mol. The van der Waals surface area contributed by atoms with Gasteiger partial charge in [-0.3, -0.25) is 0 Å². The molecule has 0 spiro atoms. The maximum absolute atomic E-state index is 9.47. The number of nitrogens with zero attached hydrogens (tertiary/aromatic N) is 1. The summed E-state index contributed by atoms with van der Waals surface area (Å²) in [5.74, 6) is 0. The van der Waals surface area contributed by atoms with Crippen LogP contribution in [0.1, 0.15) is 5.56 Å². The number of hydrogen-bond acceptors (Lipinski definition) is 1. The van der Waals surface area contributed by atoms with Gasteiger partial charge in [0.15, 0.2) is 0 Å². The molecule has 0 aliphatic carbocycles. The Kier molecular flexibility index (Phi) is 5.52. The van der Waals surface area contributed by atoms with E-state index in [1.807, 2.05) is 12.1 Å². The molecule has 11 rings (SSSR count). The molecule has 0 saturated heterocycles. The lowest BCUT2D eigenvalue weighted by Crippen LogP contribution is -1.91. The highest BCUT2D eigenvalue weighted by Crippen LogP contribution is 2.55. The summed E-state index contributed by atoms with van der Waals surface area (Å²) in [6.45, 7) is 0. The summed E-state index contributed by atoms with van der Waals surface area (Å²) >= 11 is 0. The Bertz CT molecular complexity index is 3170. The molecule has 0 bridgehead atoms. The molecule has 0 atom stereocenters. The first kappa shape index (κ1) is 27.2. The zero-order chi connectivity index (χ0) is 32.9. The lowest BCUT2D eigenvalue weighted by atomic mass is 9.84. The number of hydrogen-bond donors (Lipinski definition) is 0. The van der Waals surface area contributed by atoms with E-state index in [1.54, 1.807) is 0 Å². The van der Waals surface area contributed by atoms with E-state index < -0.39 is 0 Å². The lowest BCUT2D eigenvalue weighted by molar-refractivity contribution is 1.48. The molecule has 11 aromatic rings. The number of nitriles is 1. The second kappa shape index (κ2) is 10.1. The quantitative estimate of drug-likeness (QED) is 0.178. The van der Waals surface area contributed by atoms with Crippen molar-refractivity contribution in [2.45, 2.75) is 0 Å². The fourth-order valence-electron chi connectivity index (χ4n) is 8.99. The first-order valence-electron chi connectivity index (χ1n) is 17.2. The number of fused-ring (bicyclic) bond motifs is 8. The minimum absolute atomic E-state index is 0.671. The van der Waals surface area contributed by atoms with Crippen molar-refractivity contribution in [1.29, 1.82) is 5.26 Å². The van der Waals surface area contributed by atoms with Crippen LogP contribution in [0, 0.1) is 11.3 Å². The summed E-state index contributed by atoms with van der Waals surface area (Å²) in [6.07, 6.45) is 0. The lowest BCUT2D eigenvalue weighted by Gasteiger charge is -2.19. The average Bonchev–Trinajstić information content (AvgIpc) is 3.69. The van der Waals surface area contributed by atoms with Crippen molar-refractivity contribution >= 4 is 75.4 Å². The van der Waals surface area contributed by atoms with Crippen molar-refractivity contribution in [2.75, 3.05) is 0 Å². The molecule has 0 radical (unpaired) electrons. The molecule has 1 nitrogen and oxygen atoms in total. The van der Waals surface area contributed by atoms with Crippen LogP contribution in [0.2, 0.25) is 0 Å². The van der Waals surface area contributed by atoms with Gasteiger partial charge in [-0.15, -0.1) is 0 Å². The van der Waals surface area contributed by atoms with Crippen LogP contribution in [0.25, 0.3) is 109 Å². The molecule has 228 valence electrons. The van der Waals surface area contributed by atoms with Crippen molar-refractivity contribution in [3.63, 3.8) is 0 Å². The highest BCUT2D eigenvalue weighted by molar-refractivity contribution is 6.45. The average molecular weight is 630 g/mol. The Morgan fingerprint density at radius 3 is 1.52 bits per heavy atom. The summed E-state index contributed by atoms with van der Waals surface area (Å²) in [4.78, 5) is 0. The van der Waals surface area contributed by atoms with Gasteiger partial charge in [0.1, 0.15) is 0 Å². The van der Waals surface area contributed by atoms with Gasteiger partial charge in [-0.1, -0.05) is 146 Å². The van der Waals surface area contributed by atoms with Crippen molar-refractivity contribution in [3.05, 3.63) is 169 Å². The van der Waals surface area contributed by atoms with Crippen LogP contribution in [-0.2, 0) is 0 Å². The van der Waals surface area contributed by atoms with Gasteiger partial charge in [0, 0.05) is 0 Å². The third kappa shape index (κ3) is 3.55. The molecule has 0 aliphatic heterocycles. The van der Waals surface area contributed by atoms with Crippen molar-refractivity contribution in [3.8, 4) is 39.4 Å². The van der Waals surface area contributed by atoms with Gasteiger partial charge in [-0.2, -0.15) is 5.26 Å². The third-order valence-electron chi connectivity index (χ3n) is 11.0. The predicted octanol–water partition coefficient (Wildman–Crippen LogP) is 13.5. The molecule has 0 aromatic heterocycles. The summed E-state index contributed by atoms with van der Waals surface area (Å²) in [6, 6.07) is 61.9. The van der Waals surface area contributed by atoms with Crippen LogP contribution in [0.4, 0.5) is 0 Å². The molecule has 0 N–H and O–H groups in total. The van der Waals surface area contributed by atoms with E-state index in [0.29, 0.717) is 5.56 Å². The first-order chi connectivity index (χ1) is 24.8. The standard InChI is InChI=1S/C49H27N/c50-28-29-21-23-30(24-22-29)33-25-26-40-45-36(33)17-9-20-39(45)48-43(31-11-3-1-4-12-31)42-27-41-35-16-8-7-15-34(35)37-18-10-19-38(46(37)41)47(42)44(49(40)48)32-13-5-2-6-14-32/h1-27H. The van der Waals surface area contributed by atoms with Gasteiger partial charge in [0.05, 0.1) is 11.6 Å². The van der Waals surface area contributed by atoms with E-state index in [4.69, 9.17) is 0 Å². The van der Waals surface area contributed by atoms with Gasteiger partial charge in [-0.05, 0) is 127 Å². The Morgan fingerprint density at radius 2 is 0.820 bits per heavy atom. The monoisotopic (exact) mass is 629 g/mol. The summed E-state index contributed by atoms with van der Waals surface area (Å²) in [7, 11) is 0. The zero-order valence-corrected chi connectivity index (χ0v) is 27.0. The maximum Gasteiger partial charge on any atom is 0.0991 e. The van der Waals surface area contributed by atoms with Gasteiger partial charge < -0.3 is 0 Å². The number of rotatable bonds is 3. The van der Waals surface area contributed by atoms with Gasteiger partial charge >= 0.3 is 0 Å². The Morgan fingerprint density at radius 1 is 0.300 bits per heavy atom. The molecule has 1 heteroatoms. The van der Waals surface area contributed by atoms with Crippen LogP contribution >= 0.6 is 0 Å². The van der Waals surface area contributed by atoms with Crippen molar-refractivity contribution in [1.82, 2.24) is 0 Å². The van der Waals surface area contributed by atoms with E-state index in [2.05, 4.69) is 158 Å². The van der Waals surface area contributed by atoms with E-state index in [9.17, 15) is 5.26 Å². The fraction of sp³-hybridized carbons (Fsp3) is 0. The third-order valence-corrected chi connectivity index (χ3v) is 11.0. The normalized spacial score (nSPS) is 12.0. The van der Waals surface area contributed by atoms with Crippen LogP contribution in [0.3, 0.4) is 0 Å². The highest BCUT2D eigenvalue weighted by atomic mass is 14.3. The molecule has 0 fully saturated rings. The molecular formula is C49H27N. The van der Waals surface area contributed by atoms with E-state index in [1.165, 1.54) is 103 Å². The topological polar surface area (TPSA) is 23.8 Å². The zero-order valence-electron chi connectivity index (χ0n) is 27.0. The Balaban J connectivity index is 1.44. The van der Waals surface area contributed by atoms with E-state index in [0.717, 1.165) is 5.56 Å². The van der Waals surface area contributed by atoms with E-state index >= 15 is 0 Å². The molecular weight excluding hydrogens is 603 g/mol. The van der Waals surface area contributed by atoms with Gasteiger partial charge in [-0.25, -0.2) is 0 Å². The largest absolute Gasteiger partial charge is 0.192 e. The summed E-state index contributed by atoms with van der Waals surface area (Å²) in [5, 5.41) is 27.6.